The van der Waals surface area contributed by atoms with Crippen LogP contribution in [0.25, 0.3) is 0 Å². The molecule has 0 aromatic heterocycles. The zero-order valence-electron chi connectivity index (χ0n) is 14.9. The number of aliphatic carboxylic acids is 1. The minimum atomic E-state index is -0.749. The number of halogens is 1. The molecular formula is C21H24BrNO3. The van der Waals surface area contributed by atoms with E-state index in [-0.39, 0.29) is 6.04 Å². The van der Waals surface area contributed by atoms with Crippen LogP contribution in [0.5, 0.6) is 5.75 Å². The van der Waals surface area contributed by atoms with Crippen molar-refractivity contribution < 1.29 is 14.6 Å². The summed E-state index contributed by atoms with van der Waals surface area (Å²) in [6.45, 7) is 3.30. The Kier molecular flexibility index (Phi) is 6.33. The Morgan fingerprint density at radius 2 is 1.96 bits per heavy atom. The fourth-order valence-corrected chi connectivity index (χ4v) is 3.98. The Bertz CT molecular complexity index is 747. The van der Waals surface area contributed by atoms with Crippen molar-refractivity contribution in [3.05, 3.63) is 64.1 Å². The predicted octanol–water partition coefficient (Wildman–Crippen LogP) is 4.88. The van der Waals surface area contributed by atoms with Gasteiger partial charge >= 0.3 is 5.97 Å². The van der Waals surface area contributed by atoms with Gasteiger partial charge in [-0.15, -0.1) is 0 Å². The number of carboxylic acids is 1. The maximum absolute atomic E-state index is 11.9. The van der Waals surface area contributed by atoms with Gasteiger partial charge in [0.15, 0.2) is 0 Å². The molecular weight excluding hydrogens is 394 g/mol. The van der Waals surface area contributed by atoms with E-state index in [4.69, 9.17) is 4.74 Å². The van der Waals surface area contributed by atoms with Crippen molar-refractivity contribution in [1.29, 1.82) is 0 Å². The molecule has 2 aromatic rings. The zero-order chi connectivity index (χ0) is 18.5. The molecule has 1 saturated heterocycles. The maximum atomic E-state index is 11.9. The first-order valence-electron chi connectivity index (χ1n) is 9.07. The summed E-state index contributed by atoms with van der Waals surface area (Å²) in [6, 6.07) is 15.5. The van der Waals surface area contributed by atoms with Crippen LogP contribution in [0.3, 0.4) is 0 Å². The molecule has 26 heavy (non-hydrogen) atoms. The predicted molar refractivity (Wildman–Crippen MR) is 106 cm³/mol. The minimum absolute atomic E-state index is 0.146. The van der Waals surface area contributed by atoms with Crippen LogP contribution in [-0.2, 0) is 4.79 Å². The number of para-hydroxylation sites is 1. The summed E-state index contributed by atoms with van der Waals surface area (Å²) < 4.78 is 6.87. The number of carboxylic acid groups (broad SMARTS) is 1. The van der Waals surface area contributed by atoms with E-state index in [2.05, 4.69) is 33.0 Å². The zero-order valence-corrected chi connectivity index (χ0v) is 16.5. The van der Waals surface area contributed by atoms with Crippen molar-refractivity contribution in [2.75, 3.05) is 13.2 Å². The normalized spacial score (nSPS) is 19.1. The lowest BCUT2D eigenvalue weighted by atomic mass is 9.91. The number of ether oxygens (including phenoxy) is 1. The third kappa shape index (κ3) is 4.10. The van der Waals surface area contributed by atoms with Gasteiger partial charge in [0.2, 0.25) is 0 Å². The molecule has 3 rings (SSSR count). The first-order chi connectivity index (χ1) is 12.6. The summed E-state index contributed by atoms with van der Waals surface area (Å²) >= 11 is 3.49. The van der Waals surface area contributed by atoms with E-state index in [1.54, 1.807) is 0 Å². The molecule has 5 heteroatoms. The molecule has 1 aliphatic rings. The van der Waals surface area contributed by atoms with Crippen molar-refractivity contribution >= 4 is 21.9 Å². The molecule has 1 fully saturated rings. The van der Waals surface area contributed by atoms with Crippen LogP contribution >= 0.6 is 15.9 Å². The van der Waals surface area contributed by atoms with Crippen LogP contribution in [0.2, 0.25) is 0 Å². The summed E-state index contributed by atoms with van der Waals surface area (Å²) in [5, 5.41) is 9.79. The highest BCUT2D eigenvalue weighted by atomic mass is 79.9. The van der Waals surface area contributed by atoms with Gasteiger partial charge in [-0.3, -0.25) is 9.69 Å². The van der Waals surface area contributed by atoms with Gasteiger partial charge in [0, 0.05) is 10.0 Å². The molecule has 1 heterocycles. The summed E-state index contributed by atoms with van der Waals surface area (Å²) in [5.41, 5.74) is 2.10. The summed E-state index contributed by atoms with van der Waals surface area (Å²) in [6.07, 6.45) is 2.64. The lowest BCUT2D eigenvalue weighted by Crippen LogP contribution is -2.46. The highest BCUT2D eigenvalue weighted by Gasteiger charge is 2.36. The number of piperidine rings is 1. The number of benzene rings is 2. The van der Waals surface area contributed by atoms with Crippen molar-refractivity contribution in [2.45, 2.75) is 38.3 Å². The second-order valence-electron chi connectivity index (χ2n) is 6.51. The van der Waals surface area contributed by atoms with Crippen molar-refractivity contribution in [3.8, 4) is 5.75 Å². The number of hydrogen-bond donors (Lipinski definition) is 1. The molecule has 138 valence electrons. The smallest absolute Gasteiger partial charge is 0.320 e. The van der Waals surface area contributed by atoms with Gasteiger partial charge in [0.1, 0.15) is 11.8 Å². The Morgan fingerprint density at radius 1 is 1.23 bits per heavy atom. The summed E-state index contributed by atoms with van der Waals surface area (Å²) in [5.74, 6) is 0.0679. The number of rotatable bonds is 6. The fourth-order valence-electron chi connectivity index (χ4n) is 3.72. The van der Waals surface area contributed by atoms with Gasteiger partial charge in [-0.05, 0) is 50.1 Å². The highest BCUT2D eigenvalue weighted by Crippen LogP contribution is 2.38. The van der Waals surface area contributed by atoms with Crippen molar-refractivity contribution in [1.82, 2.24) is 4.90 Å². The first kappa shape index (κ1) is 18.9. The monoisotopic (exact) mass is 417 g/mol. The molecule has 0 radical (unpaired) electrons. The molecule has 2 atom stereocenters. The Hall–Kier alpha value is -1.85. The number of hydrogen-bond acceptors (Lipinski definition) is 3. The number of carbonyl (C=O) groups is 1. The number of nitrogens with zero attached hydrogens (tertiary/aromatic N) is 1. The van der Waals surface area contributed by atoms with E-state index >= 15 is 0 Å². The van der Waals surface area contributed by atoms with Crippen LogP contribution in [0, 0.1) is 0 Å². The van der Waals surface area contributed by atoms with Gasteiger partial charge in [0.05, 0.1) is 12.6 Å². The lowest BCUT2D eigenvalue weighted by Gasteiger charge is -2.40. The second-order valence-corrected chi connectivity index (χ2v) is 7.43. The van der Waals surface area contributed by atoms with Crippen LogP contribution < -0.4 is 4.74 Å². The van der Waals surface area contributed by atoms with E-state index in [9.17, 15) is 9.90 Å². The molecule has 0 aliphatic carbocycles. The van der Waals surface area contributed by atoms with E-state index in [1.165, 1.54) is 0 Å². The molecule has 0 bridgehead atoms. The quantitative estimate of drug-likeness (QED) is 0.727. The van der Waals surface area contributed by atoms with Gasteiger partial charge < -0.3 is 9.84 Å². The highest BCUT2D eigenvalue weighted by molar-refractivity contribution is 9.10. The molecule has 2 aromatic carbocycles. The Morgan fingerprint density at radius 3 is 2.65 bits per heavy atom. The van der Waals surface area contributed by atoms with Crippen LogP contribution in [0.4, 0.5) is 0 Å². The average molecular weight is 418 g/mol. The SMILES string of the molecule is CCOc1ccccc1C(c1ccc(Br)cc1)N1CCCCC1C(=O)O. The lowest BCUT2D eigenvalue weighted by molar-refractivity contribution is -0.145. The number of likely N-dealkylation sites (tertiary alicyclic amines) is 1. The van der Waals surface area contributed by atoms with Gasteiger partial charge in [-0.25, -0.2) is 0 Å². The largest absolute Gasteiger partial charge is 0.494 e. The molecule has 0 spiro atoms. The molecule has 4 nitrogen and oxygen atoms in total. The minimum Gasteiger partial charge on any atom is -0.494 e. The van der Waals surface area contributed by atoms with Crippen LogP contribution in [0.15, 0.2) is 53.0 Å². The van der Waals surface area contributed by atoms with Crippen LogP contribution in [-0.4, -0.2) is 35.2 Å². The third-order valence-corrected chi connectivity index (χ3v) is 5.39. The molecule has 2 unspecified atom stereocenters. The summed E-state index contributed by atoms with van der Waals surface area (Å²) in [4.78, 5) is 14.0. The van der Waals surface area contributed by atoms with E-state index in [0.29, 0.717) is 13.0 Å². The van der Waals surface area contributed by atoms with Crippen LogP contribution in [0.1, 0.15) is 43.4 Å². The topological polar surface area (TPSA) is 49.8 Å². The van der Waals surface area contributed by atoms with Gasteiger partial charge in [0.25, 0.3) is 0 Å². The first-order valence-corrected chi connectivity index (χ1v) is 9.87. The second kappa shape index (κ2) is 8.69. The Balaban J connectivity index is 2.10. The van der Waals surface area contributed by atoms with E-state index in [0.717, 1.165) is 40.7 Å². The maximum Gasteiger partial charge on any atom is 0.320 e. The van der Waals surface area contributed by atoms with Crippen molar-refractivity contribution in [3.63, 3.8) is 0 Å². The molecule has 1 aliphatic heterocycles. The van der Waals surface area contributed by atoms with E-state index < -0.39 is 12.0 Å². The van der Waals surface area contributed by atoms with Crippen molar-refractivity contribution in [2.24, 2.45) is 0 Å². The van der Waals surface area contributed by atoms with Gasteiger partial charge in [-0.1, -0.05) is 52.7 Å². The Labute approximate surface area is 162 Å². The fraction of sp³-hybridized carbons (Fsp3) is 0.381. The molecule has 0 saturated carbocycles. The third-order valence-electron chi connectivity index (χ3n) is 4.86. The molecule has 0 amide bonds. The summed E-state index contributed by atoms with van der Waals surface area (Å²) in [7, 11) is 0. The standard InChI is InChI=1S/C21H24BrNO3/c1-2-26-19-9-4-3-7-17(19)20(15-10-12-16(22)13-11-15)23-14-6-5-8-18(23)21(24)25/h3-4,7,9-13,18,20H,2,5-6,8,14H2,1H3,(H,24,25). The van der Waals surface area contributed by atoms with E-state index in [1.807, 2.05) is 43.3 Å². The average Bonchev–Trinajstić information content (AvgIpc) is 2.65. The van der Waals surface area contributed by atoms with Gasteiger partial charge in [-0.2, -0.15) is 0 Å². The molecule has 1 N–H and O–H groups in total.